The molecular formula is C27H29F4N3O3. The third-order valence-corrected chi connectivity index (χ3v) is 6.39. The summed E-state index contributed by atoms with van der Waals surface area (Å²) in [6, 6.07) is 10.3. The first kappa shape index (κ1) is 26.8. The minimum absolute atomic E-state index is 0.0660. The summed E-state index contributed by atoms with van der Waals surface area (Å²) in [5.41, 5.74) is 0.0253. The standard InChI is InChI=1S/C20H22F3N3O3.C7H7F/c21-20(22,23)16-7-4-8-24-17(16)10-26-19(27)15(13-5-2-1-3-6-13)9-18(25-26)29-14-11-28-12-14;1-6-3-2-4-7(8)5-6/h4,7-9,13-14H,1-3,5-6,10-12H2;2-5H,1H3. The quantitative estimate of drug-likeness (QED) is 0.407. The van der Waals surface area contributed by atoms with Crippen molar-refractivity contribution in [1.82, 2.24) is 14.8 Å². The van der Waals surface area contributed by atoms with Gasteiger partial charge in [-0.05, 0) is 55.5 Å². The smallest absolute Gasteiger partial charge is 0.418 e. The van der Waals surface area contributed by atoms with Crippen LogP contribution in [-0.2, 0) is 17.5 Å². The molecule has 0 bridgehead atoms. The zero-order chi connectivity index (χ0) is 26.4. The molecule has 3 aromatic rings. The van der Waals surface area contributed by atoms with Crippen molar-refractivity contribution in [2.24, 2.45) is 0 Å². The van der Waals surface area contributed by atoms with Crippen molar-refractivity contribution in [3.05, 3.63) is 87.2 Å². The molecule has 0 unspecified atom stereocenters. The van der Waals surface area contributed by atoms with Crippen molar-refractivity contribution < 1.29 is 27.0 Å². The Morgan fingerprint density at radius 2 is 1.84 bits per heavy atom. The summed E-state index contributed by atoms with van der Waals surface area (Å²) in [4.78, 5) is 16.9. The number of hydrogen-bond acceptors (Lipinski definition) is 5. The molecule has 6 nitrogen and oxygen atoms in total. The molecule has 0 spiro atoms. The van der Waals surface area contributed by atoms with Gasteiger partial charge in [0.2, 0.25) is 5.88 Å². The molecule has 3 heterocycles. The number of ether oxygens (including phenoxy) is 2. The van der Waals surface area contributed by atoms with E-state index in [0.29, 0.717) is 18.8 Å². The molecule has 0 radical (unpaired) electrons. The largest absolute Gasteiger partial charge is 0.468 e. The molecular weight excluding hydrogens is 490 g/mol. The van der Waals surface area contributed by atoms with E-state index in [0.717, 1.165) is 48.4 Å². The first-order chi connectivity index (χ1) is 17.7. The Hall–Kier alpha value is -3.27. The molecule has 1 aromatic carbocycles. The van der Waals surface area contributed by atoms with Gasteiger partial charge in [0.15, 0.2) is 0 Å². The molecule has 5 rings (SSSR count). The zero-order valence-corrected chi connectivity index (χ0v) is 20.5. The van der Waals surface area contributed by atoms with Gasteiger partial charge in [-0.1, -0.05) is 31.4 Å². The van der Waals surface area contributed by atoms with E-state index < -0.39 is 11.7 Å². The number of halogens is 4. The highest BCUT2D eigenvalue weighted by Crippen LogP contribution is 2.33. The molecule has 0 atom stereocenters. The normalized spacial score (nSPS) is 16.5. The van der Waals surface area contributed by atoms with Crippen LogP contribution in [0, 0.1) is 12.7 Å². The van der Waals surface area contributed by atoms with Crippen LogP contribution in [0.5, 0.6) is 5.88 Å². The lowest BCUT2D eigenvalue weighted by molar-refractivity contribution is -0.138. The van der Waals surface area contributed by atoms with Crippen molar-refractivity contribution in [3.63, 3.8) is 0 Å². The second kappa shape index (κ2) is 11.9. The van der Waals surface area contributed by atoms with Crippen LogP contribution in [-0.4, -0.2) is 34.1 Å². The van der Waals surface area contributed by atoms with Gasteiger partial charge in [0.1, 0.15) is 11.9 Å². The molecule has 1 aliphatic heterocycles. The summed E-state index contributed by atoms with van der Waals surface area (Å²) in [5, 5.41) is 4.19. The van der Waals surface area contributed by atoms with Crippen molar-refractivity contribution >= 4 is 0 Å². The fraction of sp³-hybridized carbons (Fsp3) is 0.444. The highest BCUT2D eigenvalue weighted by atomic mass is 19.4. The van der Waals surface area contributed by atoms with E-state index in [-0.39, 0.29) is 41.5 Å². The molecule has 1 saturated heterocycles. The molecule has 1 saturated carbocycles. The summed E-state index contributed by atoms with van der Waals surface area (Å²) < 4.78 is 64.1. The van der Waals surface area contributed by atoms with E-state index in [4.69, 9.17) is 9.47 Å². The molecule has 0 amide bonds. The van der Waals surface area contributed by atoms with Crippen molar-refractivity contribution in [3.8, 4) is 5.88 Å². The average molecular weight is 520 g/mol. The minimum atomic E-state index is -4.56. The first-order valence-corrected chi connectivity index (χ1v) is 12.3. The fourth-order valence-corrected chi connectivity index (χ4v) is 4.43. The number of hydrogen-bond donors (Lipinski definition) is 0. The molecule has 0 N–H and O–H groups in total. The lowest BCUT2D eigenvalue weighted by Gasteiger charge is -2.27. The summed E-state index contributed by atoms with van der Waals surface area (Å²) in [6.07, 6.45) is 1.50. The van der Waals surface area contributed by atoms with Crippen LogP contribution < -0.4 is 10.3 Å². The Morgan fingerprint density at radius 3 is 2.43 bits per heavy atom. The van der Waals surface area contributed by atoms with Crippen LogP contribution >= 0.6 is 0 Å². The van der Waals surface area contributed by atoms with Gasteiger partial charge in [-0.15, -0.1) is 5.10 Å². The number of pyridine rings is 1. The number of nitrogens with zero attached hydrogens (tertiary/aromatic N) is 3. The van der Waals surface area contributed by atoms with Gasteiger partial charge in [0.25, 0.3) is 5.56 Å². The summed E-state index contributed by atoms with van der Waals surface area (Å²) in [5.74, 6) is 0.143. The van der Waals surface area contributed by atoms with Crippen LogP contribution in [0.25, 0.3) is 0 Å². The fourth-order valence-electron chi connectivity index (χ4n) is 4.43. The maximum Gasteiger partial charge on any atom is 0.418 e. The number of benzene rings is 1. The van der Waals surface area contributed by atoms with Gasteiger partial charge in [-0.3, -0.25) is 9.78 Å². The maximum atomic E-state index is 13.3. The SMILES string of the molecule is Cc1cccc(F)c1.O=c1c(C2CCCCC2)cc(OC2COC2)nn1Cc1ncccc1C(F)(F)F. The first-order valence-electron chi connectivity index (χ1n) is 12.3. The molecule has 2 fully saturated rings. The lowest BCUT2D eigenvalue weighted by Crippen LogP contribution is -2.39. The third kappa shape index (κ3) is 7.15. The van der Waals surface area contributed by atoms with E-state index in [1.165, 1.54) is 24.4 Å². The molecule has 2 aliphatic rings. The highest BCUT2D eigenvalue weighted by molar-refractivity contribution is 5.26. The van der Waals surface area contributed by atoms with Crippen LogP contribution in [0.3, 0.4) is 0 Å². The monoisotopic (exact) mass is 519 g/mol. The summed E-state index contributed by atoms with van der Waals surface area (Å²) >= 11 is 0. The van der Waals surface area contributed by atoms with Crippen LogP contribution in [0.4, 0.5) is 17.6 Å². The predicted octanol–water partition coefficient (Wildman–Crippen LogP) is 5.66. The zero-order valence-electron chi connectivity index (χ0n) is 20.5. The summed E-state index contributed by atoms with van der Waals surface area (Å²) in [6.45, 7) is 2.35. The molecule has 10 heteroatoms. The van der Waals surface area contributed by atoms with Crippen molar-refractivity contribution in [2.75, 3.05) is 13.2 Å². The van der Waals surface area contributed by atoms with Crippen LogP contribution in [0.1, 0.15) is 60.4 Å². The van der Waals surface area contributed by atoms with E-state index in [9.17, 15) is 22.4 Å². The third-order valence-electron chi connectivity index (χ3n) is 6.39. The molecule has 1 aliphatic carbocycles. The van der Waals surface area contributed by atoms with E-state index in [1.807, 2.05) is 13.0 Å². The van der Waals surface area contributed by atoms with Crippen LogP contribution in [0.2, 0.25) is 0 Å². The minimum Gasteiger partial charge on any atom is -0.468 e. The predicted molar refractivity (Wildman–Crippen MR) is 129 cm³/mol. The number of aryl methyl sites for hydroxylation is 1. The Labute approximate surface area is 212 Å². The summed E-state index contributed by atoms with van der Waals surface area (Å²) in [7, 11) is 0. The highest BCUT2D eigenvalue weighted by Gasteiger charge is 2.34. The van der Waals surface area contributed by atoms with Crippen molar-refractivity contribution in [2.45, 2.75) is 63.8 Å². The van der Waals surface area contributed by atoms with Gasteiger partial charge < -0.3 is 9.47 Å². The van der Waals surface area contributed by atoms with Crippen molar-refractivity contribution in [1.29, 1.82) is 0 Å². The number of rotatable bonds is 5. The van der Waals surface area contributed by atoms with Gasteiger partial charge in [-0.25, -0.2) is 9.07 Å². The topological polar surface area (TPSA) is 66.2 Å². The Morgan fingerprint density at radius 1 is 1.08 bits per heavy atom. The van der Waals surface area contributed by atoms with Gasteiger partial charge in [0, 0.05) is 17.8 Å². The second-order valence-corrected chi connectivity index (χ2v) is 9.31. The lowest BCUT2D eigenvalue weighted by atomic mass is 9.85. The van der Waals surface area contributed by atoms with E-state index >= 15 is 0 Å². The number of aromatic nitrogens is 3. The molecule has 198 valence electrons. The van der Waals surface area contributed by atoms with E-state index in [1.54, 1.807) is 12.1 Å². The Balaban J connectivity index is 0.000000342. The van der Waals surface area contributed by atoms with Gasteiger partial charge in [-0.2, -0.15) is 13.2 Å². The maximum absolute atomic E-state index is 13.3. The molecule has 2 aromatic heterocycles. The van der Waals surface area contributed by atoms with Crippen LogP contribution in [0.15, 0.2) is 53.5 Å². The van der Waals surface area contributed by atoms with Gasteiger partial charge in [0.05, 0.1) is 31.0 Å². The average Bonchev–Trinajstić information content (AvgIpc) is 2.84. The molecule has 37 heavy (non-hydrogen) atoms. The Kier molecular flexibility index (Phi) is 8.58. The van der Waals surface area contributed by atoms with Gasteiger partial charge >= 0.3 is 6.18 Å². The van der Waals surface area contributed by atoms with E-state index in [2.05, 4.69) is 10.1 Å². The second-order valence-electron chi connectivity index (χ2n) is 9.31. The Bertz CT molecular complexity index is 1230. The number of alkyl halides is 3.